The van der Waals surface area contributed by atoms with Crippen molar-refractivity contribution in [3.8, 4) is 0 Å². The van der Waals surface area contributed by atoms with Crippen molar-refractivity contribution in [2.45, 2.75) is 12.2 Å². The van der Waals surface area contributed by atoms with Crippen molar-refractivity contribution >= 4 is 22.3 Å². The number of non-ortho nitro benzene ring substituents is 1. The Bertz CT molecular complexity index is 666. The molecule has 1 aliphatic heterocycles. The number of pyridine rings is 1. The van der Waals surface area contributed by atoms with Crippen LogP contribution in [0.1, 0.15) is 0 Å². The zero-order valence-electron chi connectivity index (χ0n) is 10.5. The van der Waals surface area contributed by atoms with Gasteiger partial charge in [0.05, 0.1) is 17.1 Å². The van der Waals surface area contributed by atoms with E-state index in [9.17, 15) is 20.3 Å². The first-order valence-electron chi connectivity index (χ1n) is 6.21. The number of nitrogens with zero attached hydrogens (tertiary/aromatic N) is 3. The summed E-state index contributed by atoms with van der Waals surface area (Å²) in [6.45, 7) is 0.589. The number of nitro benzene ring substituents is 1. The number of hydrogen-bond acceptors (Lipinski definition) is 6. The highest BCUT2D eigenvalue weighted by Crippen LogP contribution is 2.33. The molecule has 2 unspecified atom stereocenters. The number of aromatic nitrogens is 1. The molecule has 104 valence electrons. The third kappa shape index (κ3) is 1.97. The Labute approximate surface area is 114 Å². The van der Waals surface area contributed by atoms with Crippen LogP contribution >= 0.6 is 0 Å². The van der Waals surface area contributed by atoms with E-state index in [-0.39, 0.29) is 5.69 Å². The number of anilines is 1. The van der Waals surface area contributed by atoms with Gasteiger partial charge in [0, 0.05) is 36.4 Å². The fraction of sp³-hybridized carbons (Fsp3) is 0.308. The second-order valence-electron chi connectivity index (χ2n) is 4.80. The van der Waals surface area contributed by atoms with Gasteiger partial charge in [-0.3, -0.25) is 10.1 Å². The topological polar surface area (TPSA) is 99.7 Å². The molecule has 2 atom stereocenters. The molecular formula is C13H13N3O4. The van der Waals surface area contributed by atoms with E-state index in [2.05, 4.69) is 4.98 Å². The predicted molar refractivity (Wildman–Crippen MR) is 72.6 cm³/mol. The van der Waals surface area contributed by atoms with Crippen LogP contribution in [0.15, 0.2) is 30.5 Å². The highest BCUT2D eigenvalue weighted by molar-refractivity contribution is 5.97. The number of β-amino-alcohol motifs (C(OH)–C–C–N with tert-alkyl or cyclic N) is 2. The van der Waals surface area contributed by atoms with Crippen molar-refractivity contribution in [1.82, 2.24) is 4.98 Å². The number of aliphatic hydroxyl groups excluding tert-OH is 2. The number of benzene rings is 1. The molecule has 2 heterocycles. The molecule has 2 aromatic rings. The van der Waals surface area contributed by atoms with Crippen LogP contribution in [0.3, 0.4) is 0 Å². The van der Waals surface area contributed by atoms with E-state index in [0.29, 0.717) is 24.0 Å². The van der Waals surface area contributed by atoms with Crippen LogP contribution < -0.4 is 4.90 Å². The van der Waals surface area contributed by atoms with E-state index < -0.39 is 17.1 Å². The monoisotopic (exact) mass is 275 g/mol. The zero-order chi connectivity index (χ0) is 14.3. The lowest BCUT2D eigenvalue weighted by Gasteiger charge is -2.19. The average molecular weight is 275 g/mol. The van der Waals surface area contributed by atoms with Crippen LogP contribution in [-0.2, 0) is 0 Å². The normalized spacial score (nSPS) is 22.4. The Hall–Kier alpha value is -2.25. The molecule has 0 amide bonds. The van der Waals surface area contributed by atoms with Crippen molar-refractivity contribution in [3.63, 3.8) is 0 Å². The molecule has 1 aromatic carbocycles. The highest BCUT2D eigenvalue weighted by Gasteiger charge is 2.31. The van der Waals surface area contributed by atoms with Gasteiger partial charge in [0.1, 0.15) is 5.52 Å². The summed E-state index contributed by atoms with van der Waals surface area (Å²) in [6, 6.07) is 6.49. The number of fused-ring (bicyclic) bond motifs is 1. The molecule has 1 fully saturated rings. The number of rotatable bonds is 2. The molecule has 1 saturated heterocycles. The van der Waals surface area contributed by atoms with E-state index in [1.807, 2.05) is 4.90 Å². The van der Waals surface area contributed by atoms with Gasteiger partial charge < -0.3 is 15.1 Å². The van der Waals surface area contributed by atoms with Crippen molar-refractivity contribution < 1.29 is 15.1 Å². The van der Waals surface area contributed by atoms with Gasteiger partial charge >= 0.3 is 0 Å². The number of hydrogen-bond donors (Lipinski definition) is 2. The van der Waals surface area contributed by atoms with Gasteiger partial charge in [-0.1, -0.05) is 0 Å². The molecule has 20 heavy (non-hydrogen) atoms. The van der Waals surface area contributed by atoms with Gasteiger partial charge in [-0.15, -0.1) is 0 Å². The first-order chi connectivity index (χ1) is 9.58. The SMILES string of the molecule is O=[N+]([O-])c1ccc(N2CC(O)C(O)C2)c2cccnc12. The number of nitro groups is 1. The fourth-order valence-corrected chi connectivity index (χ4v) is 2.53. The van der Waals surface area contributed by atoms with Gasteiger partial charge in [0.2, 0.25) is 0 Å². The summed E-state index contributed by atoms with van der Waals surface area (Å²) in [6.07, 6.45) is -0.110. The molecule has 1 aromatic heterocycles. The van der Waals surface area contributed by atoms with E-state index >= 15 is 0 Å². The minimum atomic E-state index is -0.808. The summed E-state index contributed by atoms with van der Waals surface area (Å²) in [5.41, 5.74) is 0.991. The third-order valence-electron chi connectivity index (χ3n) is 3.52. The molecule has 3 rings (SSSR count). The van der Waals surface area contributed by atoms with Crippen LogP contribution in [0.5, 0.6) is 0 Å². The Morgan fingerprint density at radius 2 is 1.95 bits per heavy atom. The molecule has 0 spiro atoms. The largest absolute Gasteiger partial charge is 0.389 e. The Morgan fingerprint density at radius 3 is 2.60 bits per heavy atom. The minimum Gasteiger partial charge on any atom is -0.389 e. The first kappa shape index (κ1) is 12.8. The smallest absolute Gasteiger partial charge is 0.295 e. The van der Waals surface area contributed by atoms with E-state index in [1.165, 1.54) is 12.3 Å². The minimum absolute atomic E-state index is 0.0513. The van der Waals surface area contributed by atoms with Crippen LogP contribution in [0, 0.1) is 10.1 Å². The van der Waals surface area contributed by atoms with Crippen LogP contribution in [-0.4, -0.2) is 45.4 Å². The van der Waals surface area contributed by atoms with Gasteiger partial charge in [-0.05, 0) is 18.2 Å². The summed E-state index contributed by atoms with van der Waals surface area (Å²) >= 11 is 0. The maximum Gasteiger partial charge on any atom is 0.295 e. The molecule has 7 nitrogen and oxygen atoms in total. The quantitative estimate of drug-likeness (QED) is 0.617. The maximum atomic E-state index is 11.0. The van der Waals surface area contributed by atoms with E-state index in [4.69, 9.17) is 0 Å². The van der Waals surface area contributed by atoms with Crippen molar-refractivity contribution in [2.75, 3.05) is 18.0 Å². The van der Waals surface area contributed by atoms with E-state index in [1.54, 1.807) is 18.2 Å². The third-order valence-corrected chi connectivity index (χ3v) is 3.52. The summed E-state index contributed by atoms with van der Waals surface area (Å²) in [5, 5.41) is 30.9. The molecule has 0 bridgehead atoms. The summed E-state index contributed by atoms with van der Waals surface area (Å²) in [5.74, 6) is 0. The first-order valence-corrected chi connectivity index (χ1v) is 6.21. The molecule has 2 N–H and O–H groups in total. The Morgan fingerprint density at radius 1 is 1.25 bits per heavy atom. The van der Waals surface area contributed by atoms with Crippen LogP contribution in [0.4, 0.5) is 11.4 Å². The molecule has 0 aliphatic carbocycles. The summed E-state index contributed by atoms with van der Waals surface area (Å²) in [4.78, 5) is 16.4. The van der Waals surface area contributed by atoms with Crippen LogP contribution in [0.25, 0.3) is 10.9 Å². The Kier molecular flexibility index (Phi) is 3.00. The van der Waals surface area contributed by atoms with Crippen molar-refractivity contribution in [1.29, 1.82) is 0 Å². The lowest BCUT2D eigenvalue weighted by molar-refractivity contribution is -0.383. The second kappa shape index (κ2) is 4.69. The van der Waals surface area contributed by atoms with Crippen molar-refractivity contribution in [2.24, 2.45) is 0 Å². The second-order valence-corrected chi connectivity index (χ2v) is 4.80. The fourth-order valence-electron chi connectivity index (χ4n) is 2.53. The van der Waals surface area contributed by atoms with Crippen LogP contribution in [0.2, 0.25) is 0 Å². The zero-order valence-corrected chi connectivity index (χ0v) is 10.5. The summed E-state index contributed by atoms with van der Waals surface area (Å²) in [7, 11) is 0. The molecule has 0 radical (unpaired) electrons. The average Bonchev–Trinajstić information content (AvgIpc) is 2.77. The lowest BCUT2D eigenvalue weighted by Crippen LogP contribution is -2.22. The van der Waals surface area contributed by atoms with Gasteiger partial charge in [-0.2, -0.15) is 0 Å². The highest BCUT2D eigenvalue weighted by atomic mass is 16.6. The molecular weight excluding hydrogens is 262 g/mol. The predicted octanol–water partition coefficient (Wildman–Crippen LogP) is 0.685. The molecule has 0 saturated carbocycles. The maximum absolute atomic E-state index is 11.0. The Balaban J connectivity index is 2.14. The van der Waals surface area contributed by atoms with Gasteiger partial charge in [0.25, 0.3) is 5.69 Å². The van der Waals surface area contributed by atoms with Gasteiger partial charge in [0.15, 0.2) is 0 Å². The number of aliphatic hydroxyl groups is 2. The molecule has 1 aliphatic rings. The lowest BCUT2D eigenvalue weighted by atomic mass is 10.1. The summed E-state index contributed by atoms with van der Waals surface area (Å²) < 4.78 is 0. The van der Waals surface area contributed by atoms with Crippen molar-refractivity contribution in [3.05, 3.63) is 40.6 Å². The van der Waals surface area contributed by atoms with Gasteiger partial charge in [-0.25, -0.2) is 4.98 Å². The standard InChI is InChI=1S/C13H13N3O4/c17-11-6-15(7-12(11)18)9-3-4-10(16(19)20)13-8(9)2-1-5-14-13/h1-5,11-12,17-18H,6-7H2. The van der Waals surface area contributed by atoms with E-state index in [0.717, 1.165) is 5.69 Å². The molecule has 7 heteroatoms.